The Kier molecular flexibility index (Phi) is 39.4. The number of unbranched alkanes of at least 4 members (excludes halogenated alkanes) is 28. The fourth-order valence-electron chi connectivity index (χ4n) is 7.38. The number of allylic oxidation sites excluding steroid dienone is 2. The molecule has 0 aromatic rings. The molecule has 0 amide bonds. The summed E-state index contributed by atoms with van der Waals surface area (Å²) >= 11 is 0. The predicted molar refractivity (Wildman–Crippen MR) is 239 cm³/mol. The summed E-state index contributed by atoms with van der Waals surface area (Å²) in [5.74, 6) is -1.45. The van der Waals surface area contributed by atoms with E-state index in [-0.39, 0.29) is 36.2 Å². The van der Waals surface area contributed by atoms with Gasteiger partial charge in [0.1, 0.15) is 6.61 Å². The predicted octanol–water partition coefficient (Wildman–Crippen LogP) is 13.5. The van der Waals surface area contributed by atoms with E-state index in [1.807, 2.05) is 21.1 Å². The largest absolute Gasteiger partial charge is 0.477 e. The molecular formula is C49H94NO7+. The Bertz CT molecular complexity index is 947. The molecule has 0 heterocycles. The molecule has 0 saturated heterocycles. The maximum atomic E-state index is 12.7. The van der Waals surface area contributed by atoms with Crippen molar-refractivity contribution in [2.75, 3.05) is 41.0 Å². The fraction of sp³-hybridized carbons (Fsp3) is 0.898. The summed E-state index contributed by atoms with van der Waals surface area (Å²) in [7, 11) is 5.54. The number of rotatable bonds is 44. The summed E-state index contributed by atoms with van der Waals surface area (Å²) in [6.07, 6.45) is 44.1. The third-order valence-electron chi connectivity index (χ3n) is 11.2. The van der Waals surface area contributed by atoms with Crippen LogP contribution in [0.4, 0.5) is 0 Å². The number of hydrogen-bond acceptors (Lipinski definition) is 6. The molecule has 0 aromatic carbocycles. The highest BCUT2D eigenvalue weighted by Gasteiger charge is 2.31. The lowest BCUT2D eigenvalue weighted by atomic mass is 10.0. The highest BCUT2D eigenvalue weighted by Crippen LogP contribution is 2.16. The Morgan fingerprint density at radius 3 is 1.26 bits per heavy atom. The van der Waals surface area contributed by atoms with Crippen LogP contribution in [0.15, 0.2) is 12.2 Å². The summed E-state index contributed by atoms with van der Waals surface area (Å²) in [6.45, 7) is 4.75. The van der Waals surface area contributed by atoms with E-state index in [9.17, 15) is 19.5 Å². The van der Waals surface area contributed by atoms with Crippen LogP contribution in [0.1, 0.15) is 232 Å². The number of likely N-dealkylation sites (N-methyl/N-ethyl adjacent to an activating group) is 1. The van der Waals surface area contributed by atoms with Gasteiger partial charge >= 0.3 is 17.9 Å². The summed E-state index contributed by atoms with van der Waals surface area (Å²) in [6, 6.07) is -0.610. The number of nitrogens with zero attached hydrogens (tertiary/aromatic N) is 1. The molecule has 0 spiro atoms. The Morgan fingerprint density at radius 2 is 0.877 bits per heavy atom. The number of aliphatic carboxylic acids is 1. The highest BCUT2D eigenvalue weighted by molar-refractivity contribution is 5.72. The van der Waals surface area contributed by atoms with E-state index in [4.69, 9.17) is 14.2 Å². The lowest BCUT2D eigenvalue weighted by Gasteiger charge is -2.31. The molecule has 1 N–H and O–H groups in total. The van der Waals surface area contributed by atoms with Gasteiger partial charge in [-0.15, -0.1) is 0 Å². The van der Waals surface area contributed by atoms with Gasteiger partial charge in [0.25, 0.3) is 0 Å². The van der Waals surface area contributed by atoms with Crippen molar-refractivity contribution in [3.05, 3.63) is 12.2 Å². The zero-order chi connectivity index (χ0) is 42.1. The molecule has 0 aliphatic heterocycles. The van der Waals surface area contributed by atoms with E-state index < -0.39 is 18.1 Å². The van der Waals surface area contributed by atoms with Crippen molar-refractivity contribution < 1.29 is 38.2 Å². The molecule has 0 radical (unpaired) electrons. The van der Waals surface area contributed by atoms with Crippen LogP contribution in [0.3, 0.4) is 0 Å². The second kappa shape index (κ2) is 40.8. The van der Waals surface area contributed by atoms with Crippen LogP contribution in [-0.2, 0) is 28.6 Å². The summed E-state index contributed by atoms with van der Waals surface area (Å²) < 4.78 is 17.3. The summed E-state index contributed by atoms with van der Waals surface area (Å²) in [5.41, 5.74) is 0. The van der Waals surface area contributed by atoms with Crippen LogP contribution < -0.4 is 0 Å². The lowest BCUT2D eigenvalue weighted by molar-refractivity contribution is -0.887. The molecule has 336 valence electrons. The van der Waals surface area contributed by atoms with Crippen LogP contribution in [0.5, 0.6) is 0 Å². The van der Waals surface area contributed by atoms with Crippen molar-refractivity contribution in [1.82, 2.24) is 0 Å². The van der Waals surface area contributed by atoms with E-state index in [0.29, 0.717) is 19.3 Å². The quantitative estimate of drug-likeness (QED) is 0.0283. The molecule has 57 heavy (non-hydrogen) atoms. The van der Waals surface area contributed by atoms with Gasteiger partial charge < -0.3 is 23.8 Å². The Balaban J connectivity index is 4.15. The SMILES string of the molecule is CCCCCCCCCC/C=C\CCCCCCCCCCCCCC(=O)OC(COCCC(C(=O)O)[N+](C)(C)C)COC(=O)CCCCCCCCCCCC. The summed E-state index contributed by atoms with van der Waals surface area (Å²) in [5, 5.41) is 9.62. The normalized spacial score (nSPS) is 12.9. The van der Waals surface area contributed by atoms with Crippen LogP contribution in [0, 0.1) is 0 Å². The number of carbonyl (C=O) groups excluding carboxylic acids is 2. The van der Waals surface area contributed by atoms with Crippen molar-refractivity contribution in [3.8, 4) is 0 Å². The molecule has 0 rings (SSSR count). The van der Waals surface area contributed by atoms with E-state index in [1.54, 1.807) is 0 Å². The maximum Gasteiger partial charge on any atom is 0.362 e. The first-order valence-corrected chi connectivity index (χ1v) is 24.2. The van der Waals surface area contributed by atoms with Gasteiger partial charge in [0.05, 0.1) is 34.4 Å². The van der Waals surface area contributed by atoms with Crippen LogP contribution in [0.25, 0.3) is 0 Å². The molecule has 8 heteroatoms. The molecule has 8 nitrogen and oxygen atoms in total. The standard InChI is InChI=1S/C49H93NO7/c1-6-8-10-12-14-16-18-19-20-21-22-23-24-25-26-27-28-29-30-32-34-36-38-40-48(52)57-45(43-55-42-41-46(49(53)54)50(3,4)5)44-56-47(51)39-37-35-33-31-17-15-13-11-9-7-2/h21-22,45-46H,6-20,23-44H2,1-5H3/p+1/b22-21-. The maximum absolute atomic E-state index is 12.7. The summed E-state index contributed by atoms with van der Waals surface area (Å²) in [4.78, 5) is 37.0. The number of quaternary nitrogens is 1. The number of carboxylic acid groups (broad SMARTS) is 1. The molecule has 0 saturated carbocycles. The third kappa shape index (κ3) is 39.3. The molecule has 0 bridgehead atoms. The number of carbonyl (C=O) groups is 3. The molecule has 2 atom stereocenters. The third-order valence-corrected chi connectivity index (χ3v) is 11.2. The van der Waals surface area contributed by atoms with Crippen LogP contribution >= 0.6 is 0 Å². The molecule has 0 fully saturated rings. The Morgan fingerprint density at radius 1 is 0.509 bits per heavy atom. The molecule has 2 unspecified atom stereocenters. The first-order valence-electron chi connectivity index (χ1n) is 24.2. The zero-order valence-corrected chi connectivity index (χ0v) is 38.3. The highest BCUT2D eigenvalue weighted by atomic mass is 16.6. The molecule has 0 aliphatic rings. The number of esters is 2. The molecular weight excluding hydrogens is 715 g/mol. The molecule has 0 aliphatic carbocycles. The van der Waals surface area contributed by atoms with Gasteiger partial charge in [-0.25, -0.2) is 4.79 Å². The van der Waals surface area contributed by atoms with Crippen molar-refractivity contribution in [3.63, 3.8) is 0 Å². The van der Waals surface area contributed by atoms with Crippen LogP contribution in [-0.4, -0.2) is 80.6 Å². The van der Waals surface area contributed by atoms with Crippen molar-refractivity contribution in [2.24, 2.45) is 0 Å². The van der Waals surface area contributed by atoms with E-state index >= 15 is 0 Å². The minimum Gasteiger partial charge on any atom is -0.477 e. The van der Waals surface area contributed by atoms with E-state index in [2.05, 4.69) is 26.0 Å². The van der Waals surface area contributed by atoms with E-state index in [1.165, 1.54) is 161 Å². The number of carboxylic acids is 1. The average Bonchev–Trinajstić information content (AvgIpc) is 3.17. The number of ether oxygens (including phenoxy) is 3. The van der Waals surface area contributed by atoms with Crippen molar-refractivity contribution >= 4 is 17.9 Å². The van der Waals surface area contributed by atoms with Gasteiger partial charge in [-0.3, -0.25) is 9.59 Å². The van der Waals surface area contributed by atoms with Gasteiger partial charge in [-0.05, 0) is 38.5 Å². The van der Waals surface area contributed by atoms with Crippen LogP contribution in [0.2, 0.25) is 0 Å². The topological polar surface area (TPSA) is 99.1 Å². The van der Waals surface area contributed by atoms with Gasteiger partial charge in [-0.1, -0.05) is 187 Å². The first kappa shape index (κ1) is 55.1. The van der Waals surface area contributed by atoms with Gasteiger partial charge in [0, 0.05) is 19.3 Å². The minimum atomic E-state index is -0.872. The first-order chi connectivity index (χ1) is 27.6. The van der Waals surface area contributed by atoms with Gasteiger partial charge in [0.2, 0.25) is 0 Å². The van der Waals surface area contributed by atoms with Gasteiger partial charge in [0.15, 0.2) is 12.1 Å². The Labute approximate surface area is 352 Å². The number of hydrogen-bond donors (Lipinski definition) is 1. The lowest BCUT2D eigenvalue weighted by Crippen LogP contribution is -2.50. The van der Waals surface area contributed by atoms with E-state index in [0.717, 1.165) is 38.5 Å². The average molecular weight is 809 g/mol. The minimum absolute atomic E-state index is 0.0452. The second-order valence-electron chi connectivity index (χ2n) is 17.7. The fourth-order valence-corrected chi connectivity index (χ4v) is 7.38. The Hall–Kier alpha value is -1.93. The molecule has 0 aromatic heterocycles. The van der Waals surface area contributed by atoms with Gasteiger partial charge in [-0.2, -0.15) is 0 Å². The second-order valence-corrected chi connectivity index (χ2v) is 17.7. The zero-order valence-electron chi connectivity index (χ0n) is 38.3. The van der Waals surface area contributed by atoms with Crippen molar-refractivity contribution in [2.45, 2.75) is 244 Å². The smallest absolute Gasteiger partial charge is 0.362 e. The van der Waals surface area contributed by atoms with Crippen molar-refractivity contribution in [1.29, 1.82) is 0 Å². The monoisotopic (exact) mass is 809 g/mol.